The summed E-state index contributed by atoms with van der Waals surface area (Å²) in [7, 11) is -9.92. The van der Waals surface area contributed by atoms with Gasteiger partial charge in [0, 0.05) is 25.7 Å². The Kier molecular flexibility index (Phi) is 73.8. The van der Waals surface area contributed by atoms with Crippen LogP contribution in [0, 0.1) is 0 Å². The molecular formula is C81H158O17P2. The first kappa shape index (κ1) is 98.1. The lowest BCUT2D eigenvalue weighted by Crippen LogP contribution is -2.30. The van der Waals surface area contributed by atoms with Crippen molar-refractivity contribution in [3.05, 3.63) is 0 Å². The fraction of sp³-hybridized carbons (Fsp3) is 0.951. The zero-order valence-electron chi connectivity index (χ0n) is 65.2. The van der Waals surface area contributed by atoms with E-state index in [1.807, 2.05) is 0 Å². The zero-order valence-corrected chi connectivity index (χ0v) is 67.0. The molecule has 0 saturated heterocycles. The average Bonchev–Trinajstić information content (AvgIpc) is 1.24. The van der Waals surface area contributed by atoms with Crippen LogP contribution in [0.15, 0.2) is 0 Å². The molecule has 0 spiro atoms. The highest BCUT2D eigenvalue weighted by atomic mass is 31.2. The summed E-state index contributed by atoms with van der Waals surface area (Å²) in [5, 5.41) is 10.6. The van der Waals surface area contributed by atoms with E-state index in [0.717, 1.165) is 89.9 Å². The Bertz CT molecular complexity index is 1890. The van der Waals surface area contributed by atoms with Crippen LogP contribution in [0.2, 0.25) is 0 Å². The van der Waals surface area contributed by atoms with Gasteiger partial charge in [-0.2, -0.15) is 0 Å². The van der Waals surface area contributed by atoms with E-state index in [-0.39, 0.29) is 25.7 Å². The van der Waals surface area contributed by atoms with Crippen molar-refractivity contribution < 1.29 is 80.2 Å². The van der Waals surface area contributed by atoms with Gasteiger partial charge < -0.3 is 33.8 Å². The molecule has 0 aromatic rings. The van der Waals surface area contributed by atoms with Crippen molar-refractivity contribution >= 4 is 39.5 Å². The number of hydrogen-bond donors (Lipinski definition) is 3. The molecule has 0 bridgehead atoms. The van der Waals surface area contributed by atoms with Crippen LogP contribution in [0.3, 0.4) is 0 Å². The largest absolute Gasteiger partial charge is 0.472 e. The Labute approximate surface area is 613 Å². The van der Waals surface area contributed by atoms with E-state index in [9.17, 15) is 43.2 Å². The highest BCUT2D eigenvalue weighted by molar-refractivity contribution is 7.47. The lowest BCUT2D eigenvalue weighted by Gasteiger charge is -2.21. The predicted octanol–water partition coefficient (Wildman–Crippen LogP) is 24.6. The van der Waals surface area contributed by atoms with E-state index in [0.29, 0.717) is 25.7 Å². The summed E-state index contributed by atoms with van der Waals surface area (Å²) in [4.78, 5) is 73.0. The van der Waals surface area contributed by atoms with Crippen LogP contribution in [-0.2, 0) is 65.4 Å². The molecule has 19 heteroatoms. The van der Waals surface area contributed by atoms with E-state index >= 15 is 0 Å². The average molecular weight is 1470 g/mol. The number of carbonyl (C=O) groups is 4. The normalized spacial score (nSPS) is 13.8. The number of phosphoric ester groups is 2. The molecule has 594 valence electrons. The SMILES string of the molecule is CCCCCCCCCCCCCCCCCCCCCC(=O)O[C@H](COC(=O)CCCCCCCCCCCCCCCCCCCC)COP(=O)(O)OC[C@@H](O)COP(=O)(O)OC[C@@H](COC(=O)CCCCCCCCCCCC)OC(=O)CCCCCCCCCCCCCCC. The van der Waals surface area contributed by atoms with Crippen LogP contribution >= 0.6 is 15.6 Å². The molecule has 100 heavy (non-hydrogen) atoms. The van der Waals surface area contributed by atoms with Crippen molar-refractivity contribution in [3.63, 3.8) is 0 Å². The molecule has 0 radical (unpaired) electrons. The molecular weight excluding hydrogens is 1310 g/mol. The number of ether oxygens (including phenoxy) is 4. The molecule has 5 atom stereocenters. The second-order valence-electron chi connectivity index (χ2n) is 29.2. The molecule has 0 amide bonds. The molecule has 0 aliphatic carbocycles. The summed E-state index contributed by atoms with van der Waals surface area (Å²) in [6, 6.07) is 0. The molecule has 0 aliphatic heterocycles. The smallest absolute Gasteiger partial charge is 0.462 e. The number of phosphoric acid groups is 2. The Hall–Kier alpha value is -1.94. The molecule has 17 nitrogen and oxygen atoms in total. The van der Waals surface area contributed by atoms with E-state index in [4.69, 9.17) is 37.0 Å². The lowest BCUT2D eigenvalue weighted by molar-refractivity contribution is -0.161. The molecule has 0 aromatic carbocycles. The lowest BCUT2D eigenvalue weighted by atomic mass is 10.0. The van der Waals surface area contributed by atoms with Crippen molar-refractivity contribution in [1.29, 1.82) is 0 Å². The molecule has 2 unspecified atom stereocenters. The summed E-state index contributed by atoms with van der Waals surface area (Å²) in [6.45, 7) is 5.02. The molecule has 0 heterocycles. The maximum Gasteiger partial charge on any atom is 0.472 e. The number of aliphatic hydroxyl groups excluding tert-OH is 1. The van der Waals surface area contributed by atoms with Crippen LogP contribution < -0.4 is 0 Å². The van der Waals surface area contributed by atoms with Gasteiger partial charge in [-0.15, -0.1) is 0 Å². The van der Waals surface area contributed by atoms with E-state index in [1.54, 1.807) is 0 Å². The second kappa shape index (κ2) is 75.3. The van der Waals surface area contributed by atoms with Crippen LogP contribution in [0.4, 0.5) is 0 Å². The molecule has 3 N–H and O–H groups in total. The quantitative estimate of drug-likeness (QED) is 0.0222. The maximum absolute atomic E-state index is 13.1. The summed E-state index contributed by atoms with van der Waals surface area (Å²) in [6.07, 6.45) is 67.9. The summed E-state index contributed by atoms with van der Waals surface area (Å²) >= 11 is 0. The van der Waals surface area contributed by atoms with Crippen molar-refractivity contribution in [2.75, 3.05) is 39.6 Å². The number of unbranched alkanes of at least 4 members (excludes halogenated alkanes) is 56. The molecule has 0 rings (SSSR count). The van der Waals surface area contributed by atoms with Gasteiger partial charge in [-0.1, -0.05) is 387 Å². The van der Waals surface area contributed by atoms with Gasteiger partial charge >= 0.3 is 39.5 Å². The van der Waals surface area contributed by atoms with Crippen molar-refractivity contribution in [1.82, 2.24) is 0 Å². The standard InChI is InChI=1S/C81H158O17P2/c1-5-9-13-17-21-25-29-32-34-36-38-40-42-45-48-52-56-60-64-68-81(86)98-77(72-92-79(84)66-62-58-54-50-46-44-41-39-37-35-33-30-26-22-18-14-10-6-2)74-96-100(89,90)94-70-75(82)69-93-99(87,88)95-73-76(71-91-78(83)65-61-57-53-49-28-24-20-16-12-8-4)97-80(85)67-63-59-55-51-47-43-31-27-23-19-15-11-7-3/h75-77,82H,5-74H2,1-4H3,(H,87,88)(H,89,90)/t75-,76+,77+/m0/s1. The third-order valence-electron chi connectivity index (χ3n) is 19.1. The van der Waals surface area contributed by atoms with Gasteiger partial charge in [0.15, 0.2) is 12.2 Å². The van der Waals surface area contributed by atoms with E-state index in [2.05, 4.69) is 27.7 Å². The van der Waals surface area contributed by atoms with Gasteiger partial charge in [0.25, 0.3) is 0 Å². The highest BCUT2D eigenvalue weighted by Crippen LogP contribution is 2.45. The molecule has 0 aliphatic rings. The fourth-order valence-corrected chi connectivity index (χ4v) is 14.2. The number of esters is 4. The molecule has 0 fully saturated rings. The topological polar surface area (TPSA) is 237 Å². The van der Waals surface area contributed by atoms with Gasteiger partial charge in [-0.3, -0.25) is 37.3 Å². The number of hydrogen-bond acceptors (Lipinski definition) is 15. The minimum Gasteiger partial charge on any atom is -0.462 e. The van der Waals surface area contributed by atoms with Crippen LogP contribution in [0.1, 0.15) is 439 Å². The Morgan fingerprint density at radius 3 is 0.590 bits per heavy atom. The first-order chi connectivity index (χ1) is 48.7. The van der Waals surface area contributed by atoms with Crippen molar-refractivity contribution in [3.8, 4) is 0 Å². The van der Waals surface area contributed by atoms with E-state index < -0.39 is 97.5 Å². The first-order valence-corrected chi connectivity index (χ1v) is 45.3. The third-order valence-corrected chi connectivity index (χ3v) is 21.0. The summed E-state index contributed by atoms with van der Waals surface area (Å²) < 4.78 is 68.7. The van der Waals surface area contributed by atoms with Crippen LogP contribution in [0.5, 0.6) is 0 Å². The number of rotatable bonds is 82. The first-order valence-electron chi connectivity index (χ1n) is 42.3. The second-order valence-corrected chi connectivity index (χ2v) is 32.1. The van der Waals surface area contributed by atoms with Crippen LogP contribution in [-0.4, -0.2) is 96.7 Å². The summed E-state index contributed by atoms with van der Waals surface area (Å²) in [5.41, 5.74) is 0. The van der Waals surface area contributed by atoms with Gasteiger partial charge in [-0.05, 0) is 25.7 Å². The van der Waals surface area contributed by atoms with Crippen molar-refractivity contribution in [2.24, 2.45) is 0 Å². The molecule has 0 saturated carbocycles. The van der Waals surface area contributed by atoms with Gasteiger partial charge in [0.05, 0.1) is 26.4 Å². The maximum atomic E-state index is 13.1. The Morgan fingerprint density at radius 1 is 0.240 bits per heavy atom. The highest BCUT2D eigenvalue weighted by Gasteiger charge is 2.30. The van der Waals surface area contributed by atoms with Gasteiger partial charge in [-0.25, -0.2) is 9.13 Å². The number of carbonyl (C=O) groups excluding carboxylic acids is 4. The van der Waals surface area contributed by atoms with Gasteiger partial charge in [0.1, 0.15) is 19.3 Å². The predicted molar refractivity (Wildman–Crippen MR) is 409 cm³/mol. The Morgan fingerprint density at radius 2 is 0.400 bits per heavy atom. The minimum atomic E-state index is -4.96. The zero-order chi connectivity index (χ0) is 73.2. The minimum absolute atomic E-state index is 0.108. The van der Waals surface area contributed by atoms with Crippen LogP contribution in [0.25, 0.3) is 0 Å². The molecule has 0 aromatic heterocycles. The van der Waals surface area contributed by atoms with Crippen molar-refractivity contribution in [2.45, 2.75) is 457 Å². The van der Waals surface area contributed by atoms with E-state index in [1.165, 1.54) is 270 Å². The Balaban J connectivity index is 5.22. The fourth-order valence-electron chi connectivity index (χ4n) is 12.6. The third kappa shape index (κ3) is 74.3. The number of aliphatic hydroxyl groups is 1. The summed E-state index contributed by atoms with van der Waals surface area (Å²) in [5.74, 6) is -2.10. The van der Waals surface area contributed by atoms with Gasteiger partial charge in [0.2, 0.25) is 0 Å². The monoisotopic (exact) mass is 1470 g/mol.